The molecule has 10 heteroatoms. The van der Waals surface area contributed by atoms with Gasteiger partial charge in [-0.25, -0.2) is 8.78 Å². The summed E-state index contributed by atoms with van der Waals surface area (Å²) in [5, 5.41) is 12.8. The van der Waals surface area contributed by atoms with E-state index in [2.05, 4.69) is 5.32 Å². The van der Waals surface area contributed by atoms with Crippen molar-refractivity contribution in [3.63, 3.8) is 0 Å². The van der Waals surface area contributed by atoms with Gasteiger partial charge in [-0.1, -0.05) is 13.0 Å². The van der Waals surface area contributed by atoms with E-state index in [-0.39, 0.29) is 23.4 Å². The van der Waals surface area contributed by atoms with Gasteiger partial charge in [0.1, 0.15) is 17.2 Å². The van der Waals surface area contributed by atoms with E-state index in [1.54, 1.807) is 14.0 Å². The van der Waals surface area contributed by atoms with Gasteiger partial charge in [0.25, 0.3) is 11.8 Å². The number of nitrogens with zero attached hydrogens (tertiary/aromatic N) is 2. The van der Waals surface area contributed by atoms with Gasteiger partial charge in [0.15, 0.2) is 11.4 Å². The number of fused-ring (bicyclic) bond motifs is 1. The van der Waals surface area contributed by atoms with Crippen LogP contribution in [0.1, 0.15) is 52.4 Å². The highest BCUT2D eigenvalue weighted by atomic mass is 19.1. The Hall–Kier alpha value is -3.27. The van der Waals surface area contributed by atoms with Crippen LogP contribution in [0, 0.1) is 11.6 Å². The molecule has 32 heavy (non-hydrogen) atoms. The van der Waals surface area contributed by atoms with E-state index in [4.69, 9.17) is 5.73 Å². The van der Waals surface area contributed by atoms with Crippen molar-refractivity contribution in [1.82, 2.24) is 14.8 Å². The fraction of sp³-hybridized carbons (Fsp3) is 0.409. The molecule has 1 aromatic carbocycles. The summed E-state index contributed by atoms with van der Waals surface area (Å²) in [6, 6.07) is 2.96. The largest absolute Gasteiger partial charge is 0.503 e. The molecular formula is C22H28F2N4O4. The molecule has 0 radical (unpaired) electrons. The molecule has 8 nitrogen and oxygen atoms in total. The number of halogens is 2. The molecule has 0 spiro atoms. The lowest BCUT2D eigenvalue weighted by Gasteiger charge is -2.20. The van der Waals surface area contributed by atoms with Gasteiger partial charge in [-0.3, -0.25) is 14.4 Å². The number of benzene rings is 1. The lowest BCUT2D eigenvalue weighted by Crippen LogP contribution is -2.35. The third-order valence-electron chi connectivity index (χ3n) is 5.05. The summed E-state index contributed by atoms with van der Waals surface area (Å²) < 4.78 is 28.3. The number of pyridine rings is 1. The highest BCUT2D eigenvalue weighted by molar-refractivity contribution is 5.99. The summed E-state index contributed by atoms with van der Waals surface area (Å²) >= 11 is 0. The molecule has 1 aliphatic rings. The van der Waals surface area contributed by atoms with E-state index in [0.717, 1.165) is 12.6 Å². The van der Waals surface area contributed by atoms with Crippen LogP contribution in [0.5, 0.6) is 5.75 Å². The van der Waals surface area contributed by atoms with Gasteiger partial charge in [0.2, 0.25) is 5.43 Å². The molecule has 4 N–H and O–H groups in total. The molecule has 2 amide bonds. The summed E-state index contributed by atoms with van der Waals surface area (Å²) in [6.07, 6.45) is 0.991. The molecule has 2 aromatic rings. The number of aromatic hydroxyl groups is 1. The Morgan fingerprint density at radius 2 is 1.94 bits per heavy atom. The molecular weight excluding hydrogens is 422 g/mol. The fourth-order valence-corrected chi connectivity index (χ4v) is 3.37. The Labute approximate surface area is 184 Å². The van der Waals surface area contributed by atoms with Crippen molar-refractivity contribution < 1.29 is 23.5 Å². The summed E-state index contributed by atoms with van der Waals surface area (Å²) in [7, 11) is 1.55. The summed E-state index contributed by atoms with van der Waals surface area (Å²) in [5.41, 5.74) is 3.92. The van der Waals surface area contributed by atoms with Crippen molar-refractivity contribution >= 4 is 11.8 Å². The predicted octanol–water partition coefficient (Wildman–Crippen LogP) is 1.77. The number of rotatable bonds is 5. The maximum absolute atomic E-state index is 13.8. The first-order valence-corrected chi connectivity index (χ1v) is 10.3. The number of nitrogens with two attached hydrogens (primary N) is 1. The van der Waals surface area contributed by atoms with E-state index >= 15 is 0 Å². The summed E-state index contributed by atoms with van der Waals surface area (Å²) in [6.45, 7) is 4.92. The smallest absolute Gasteiger partial charge is 0.274 e. The SMILES string of the molecule is CCN.CCN(C)C(=O)c1c(O)c(=O)c(C(=O)NCc2ccc(F)cc2F)c2n1CCC2. The zero-order chi connectivity index (χ0) is 24.0. The number of nitrogens with one attached hydrogen (secondary N) is 1. The van der Waals surface area contributed by atoms with Crippen molar-refractivity contribution in [3.05, 3.63) is 62.6 Å². The Morgan fingerprint density at radius 3 is 2.53 bits per heavy atom. The molecule has 1 aromatic heterocycles. The lowest BCUT2D eigenvalue weighted by atomic mass is 10.1. The second-order valence-corrected chi connectivity index (χ2v) is 7.25. The number of aromatic nitrogens is 1. The van der Waals surface area contributed by atoms with Crippen molar-refractivity contribution in [2.75, 3.05) is 20.1 Å². The minimum absolute atomic E-state index is 0.0529. The molecule has 2 heterocycles. The Bertz CT molecular complexity index is 1070. The number of carbonyl (C=O) groups is 2. The first kappa shape index (κ1) is 25.0. The van der Waals surface area contributed by atoms with Gasteiger partial charge < -0.3 is 25.6 Å². The van der Waals surface area contributed by atoms with Crippen LogP contribution < -0.4 is 16.5 Å². The minimum Gasteiger partial charge on any atom is -0.503 e. The van der Waals surface area contributed by atoms with Crippen LogP contribution in [0.3, 0.4) is 0 Å². The summed E-state index contributed by atoms with van der Waals surface area (Å²) in [4.78, 5) is 39.3. The third-order valence-corrected chi connectivity index (χ3v) is 5.05. The molecule has 0 unspecified atom stereocenters. The van der Waals surface area contributed by atoms with Gasteiger partial charge in [-0.15, -0.1) is 0 Å². The molecule has 3 rings (SSSR count). The number of hydrogen-bond acceptors (Lipinski definition) is 5. The Kier molecular flexibility index (Phi) is 8.48. The number of amides is 2. The Morgan fingerprint density at radius 1 is 1.28 bits per heavy atom. The fourth-order valence-electron chi connectivity index (χ4n) is 3.37. The van der Waals surface area contributed by atoms with Crippen LogP contribution in [0.2, 0.25) is 0 Å². The lowest BCUT2D eigenvalue weighted by molar-refractivity contribution is 0.0785. The third kappa shape index (κ3) is 5.13. The molecule has 0 bridgehead atoms. The number of carbonyl (C=O) groups excluding carboxylic acids is 2. The highest BCUT2D eigenvalue weighted by Gasteiger charge is 2.31. The molecule has 0 aliphatic carbocycles. The van der Waals surface area contributed by atoms with Gasteiger partial charge in [-0.05, 0) is 32.4 Å². The Balaban J connectivity index is 0.00000114. The van der Waals surface area contributed by atoms with Gasteiger partial charge >= 0.3 is 0 Å². The normalized spacial score (nSPS) is 11.9. The molecule has 1 aliphatic heterocycles. The zero-order valence-corrected chi connectivity index (χ0v) is 18.4. The first-order valence-electron chi connectivity index (χ1n) is 10.3. The predicted molar refractivity (Wildman–Crippen MR) is 116 cm³/mol. The maximum Gasteiger partial charge on any atom is 0.274 e. The van der Waals surface area contributed by atoms with E-state index < -0.39 is 34.6 Å². The average molecular weight is 450 g/mol. The van der Waals surface area contributed by atoms with Crippen LogP contribution in [0.15, 0.2) is 23.0 Å². The number of hydrogen-bond donors (Lipinski definition) is 3. The van der Waals surface area contributed by atoms with Crippen LogP contribution in [0.4, 0.5) is 8.78 Å². The quantitative estimate of drug-likeness (QED) is 0.642. The highest BCUT2D eigenvalue weighted by Crippen LogP contribution is 2.26. The molecule has 174 valence electrons. The van der Waals surface area contributed by atoms with Crippen molar-refractivity contribution in [2.45, 2.75) is 39.8 Å². The molecule has 0 saturated heterocycles. The van der Waals surface area contributed by atoms with E-state index in [0.29, 0.717) is 37.7 Å². The van der Waals surface area contributed by atoms with E-state index in [1.807, 2.05) is 6.92 Å². The van der Waals surface area contributed by atoms with E-state index in [1.165, 1.54) is 15.5 Å². The topological polar surface area (TPSA) is 118 Å². The first-order chi connectivity index (χ1) is 15.2. The molecule has 0 saturated carbocycles. The van der Waals surface area contributed by atoms with Crippen molar-refractivity contribution in [3.8, 4) is 5.75 Å². The maximum atomic E-state index is 13.8. The minimum atomic E-state index is -0.942. The van der Waals surface area contributed by atoms with Crippen LogP contribution >= 0.6 is 0 Å². The standard InChI is InChI=1S/C20H21F2N3O4.C2H7N/c1-3-24(2)20(29)16-18(27)17(26)15(14-5-4-8-25(14)16)19(28)23-10-11-6-7-12(21)9-13(11)22;1-2-3/h6-7,9,27H,3-5,8,10H2,1-2H3,(H,23,28);2-3H2,1H3. The van der Waals surface area contributed by atoms with Crippen LogP contribution in [-0.2, 0) is 19.5 Å². The molecule has 0 atom stereocenters. The zero-order valence-electron chi connectivity index (χ0n) is 18.4. The van der Waals surface area contributed by atoms with Crippen molar-refractivity contribution in [2.24, 2.45) is 5.73 Å². The monoisotopic (exact) mass is 450 g/mol. The average Bonchev–Trinajstić information content (AvgIpc) is 3.22. The second kappa shape index (κ2) is 10.9. The van der Waals surface area contributed by atoms with Crippen LogP contribution in [-0.4, -0.2) is 46.5 Å². The second-order valence-electron chi connectivity index (χ2n) is 7.25. The molecule has 0 fully saturated rings. The van der Waals surface area contributed by atoms with E-state index in [9.17, 15) is 28.3 Å². The van der Waals surface area contributed by atoms with Gasteiger partial charge in [-0.2, -0.15) is 0 Å². The van der Waals surface area contributed by atoms with Gasteiger partial charge in [0, 0.05) is 44.0 Å². The summed E-state index contributed by atoms with van der Waals surface area (Å²) in [5.74, 6) is -3.64. The van der Waals surface area contributed by atoms with Crippen molar-refractivity contribution in [1.29, 1.82) is 0 Å². The van der Waals surface area contributed by atoms with Crippen LogP contribution in [0.25, 0.3) is 0 Å². The van der Waals surface area contributed by atoms with Gasteiger partial charge in [0.05, 0.1) is 0 Å².